The van der Waals surface area contributed by atoms with Crippen molar-refractivity contribution in [3.63, 3.8) is 0 Å². The second-order valence-corrected chi connectivity index (χ2v) is 5.81. The summed E-state index contributed by atoms with van der Waals surface area (Å²) in [6.45, 7) is 6.16. The van der Waals surface area contributed by atoms with Crippen LogP contribution < -0.4 is 10.1 Å². The molecule has 0 spiro atoms. The Balaban J connectivity index is 1.90. The van der Waals surface area contributed by atoms with Crippen molar-refractivity contribution in [3.8, 4) is 5.75 Å². The fourth-order valence-corrected chi connectivity index (χ4v) is 2.25. The van der Waals surface area contributed by atoms with Gasteiger partial charge in [0, 0.05) is 11.6 Å². The number of carbonyl (C=O) groups is 1. The van der Waals surface area contributed by atoms with E-state index in [9.17, 15) is 4.79 Å². The minimum absolute atomic E-state index is 0.144. The standard InChI is InChI=1S/C18H20ClNO2/c1-12-4-6-15(7-5-12)11-20-18(21)14(3)22-17-9-8-16(19)10-13(17)2/h4-10,14H,11H2,1-3H3,(H,20,21)/t14-/m1/s1. The highest BCUT2D eigenvalue weighted by Gasteiger charge is 2.15. The van der Waals surface area contributed by atoms with Crippen molar-refractivity contribution in [2.24, 2.45) is 0 Å². The molecule has 0 radical (unpaired) electrons. The van der Waals surface area contributed by atoms with E-state index in [1.54, 1.807) is 19.1 Å². The summed E-state index contributed by atoms with van der Waals surface area (Å²) in [5.41, 5.74) is 3.17. The van der Waals surface area contributed by atoms with Crippen LogP contribution in [0.2, 0.25) is 5.02 Å². The van der Waals surface area contributed by atoms with Crippen LogP contribution in [0.3, 0.4) is 0 Å². The second-order valence-electron chi connectivity index (χ2n) is 5.37. The highest BCUT2D eigenvalue weighted by atomic mass is 35.5. The number of rotatable bonds is 5. The molecule has 0 bridgehead atoms. The van der Waals surface area contributed by atoms with Gasteiger partial charge in [0.25, 0.3) is 5.91 Å². The lowest BCUT2D eigenvalue weighted by Gasteiger charge is -2.16. The number of benzene rings is 2. The van der Waals surface area contributed by atoms with E-state index in [4.69, 9.17) is 16.3 Å². The van der Waals surface area contributed by atoms with Crippen molar-refractivity contribution in [1.82, 2.24) is 5.32 Å². The van der Waals surface area contributed by atoms with Gasteiger partial charge in [-0.15, -0.1) is 0 Å². The van der Waals surface area contributed by atoms with Gasteiger partial charge in [-0.1, -0.05) is 41.4 Å². The fourth-order valence-electron chi connectivity index (χ4n) is 2.03. The number of carbonyl (C=O) groups excluding carboxylic acids is 1. The number of ether oxygens (including phenoxy) is 1. The minimum atomic E-state index is -0.565. The molecule has 2 aromatic rings. The van der Waals surface area contributed by atoms with Crippen LogP contribution in [0.1, 0.15) is 23.6 Å². The van der Waals surface area contributed by atoms with Crippen molar-refractivity contribution < 1.29 is 9.53 Å². The maximum Gasteiger partial charge on any atom is 0.261 e. The number of amides is 1. The van der Waals surface area contributed by atoms with Crippen molar-refractivity contribution in [2.75, 3.05) is 0 Å². The molecule has 0 heterocycles. The quantitative estimate of drug-likeness (QED) is 0.903. The molecule has 2 aromatic carbocycles. The van der Waals surface area contributed by atoms with Gasteiger partial charge in [-0.25, -0.2) is 0 Å². The van der Waals surface area contributed by atoms with E-state index in [0.717, 1.165) is 11.1 Å². The summed E-state index contributed by atoms with van der Waals surface area (Å²) < 4.78 is 5.70. The first-order valence-electron chi connectivity index (χ1n) is 7.22. The van der Waals surface area contributed by atoms with Crippen LogP contribution >= 0.6 is 11.6 Å². The topological polar surface area (TPSA) is 38.3 Å². The highest BCUT2D eigenvalue weighted by Crippen LogP contribution is 2.22. The Morgan fingerprint density at radius 1 is 1.18 bits per heavy atom. The van der Waals surface area contributed by atoms with Gasteiger partial charge in [-0.2, -0.15) is 0 Å². The number of nitrogens with one attached hydrogen (secondary N) is 1. The Morgan fingerprint density at radius 2 is 1.86 bits per heavy atom. The lowest BCUT2D eigenvalue weighted by molar-refractivity contribution is -0.127. The molecule has 1 amide bonds. The van der Waals surface area contributed by atoms with E-state index in [-0.39, 0.29) is 5.91 Å². The Hall–Kier alpha value is -2.00. The summed E-state index contributed by atoms with van der Waals surface area (Å²) >= 11 is 5.91. The van der Waals surface area contributed by atoms with Gasteiger partial charge in [0.1, 0.15) is 5.75 Å². The van der Waals surface area contributed by atoms with Crippen molar-refractivity contribution in [1.29, 1.82) is 0 Å². The van der Waals surface area contributed by atoms with Gasteiger partial charge in [0.2, 0.25) is 0 Å². The first-order chi connectivity index (χ1) is 10.5. The van der Waals surface area contributed by atoms with Gasteiger partial charge < -0.3 is 10.1 Å². The van der Waals surface area contributed by atoms with E-state index in [0.29, 0.717) is 17.3 Å². The first-order valence-corrected chi connectivity index (χ1v) is 7.59. The lowest BCUT2D eigenvalue weighted by atomic mass is 10.1. The monoisotopic (exact) mass is 317 g/mol. The summed E-state index contributed by atoms with van der Waals surface area (Å²) in [5.74, 6) is 0.525. The maximum atomic E-state index is 12.1. The van der Waals surface area contributed by atoms with Crippen molar-refractivity contribution in [2.45, 2.75) is 33.4 Å². The average Bonchev–Trinajstić information content (AvgIpc) is 2.49. The molecular weight excluding hydrogens is 298 g/mol. The van der Waals surface area contributed by atoms with Crippen LogP contribution in [0, 0.1) is 13.8 Å². The molecule has 4 heteroatoms. The third-order valence-corrected chi connectivity index (χ3v) is 3.63. The van der Waals surface area contributed by atoms with Crippen LogP contribution in [0.5, 0.6) is 5.75 Å². The number of halogens is 1. The van der Waals surface area contributed by atoms with Crippen LogP contribution in [0.25, 0.3) is 0 Å². The van der Waals surface area contributed by atoms with Gasteiger partial charge >= 0.3 is 0 Å². The Bertz CT molecular complexity index is 653. The zero-order valence-corrected chi connectivity index (χ0v) is 13.8. The van der Waals surface area contributed by atoms with Gasteiger partial charge in [0.15, 0.2) is 6.10 Å². The first kappa shape index (κ1) is 16.4. The number of hydrogen-bond acceptors (Lipinski definition) is 2. The normalized spacial score (nSPS) is 11.8. The van der Waals surface area contributed by atoms with Crippen LogP contribution in [-0.4, -0.2) is 12.0 Å². The summed E-state index contributed by atoms with van der Waals surface area (Å²) in [6, 6.07) is 13.4. The van der Waals surface area contributed by atoms with E-state index < -0.39 is 6.10 Å². The second kappa shape index (κ2) is 7.32. The summed E-state index contributed by atoms with van der Waals surface area (Å²) in [6.07, 6.45) is -0.565. The van der Waals surface area contributed by atoms with Crippen molar-refractivity contribution in [3.05, 3.63) is 64.2 Å². The molecule has 1 N–H and O–H groups in total. The fraction of sp³-hybridized carbons (Fsp3) is 0.278. The van der Waals surface area contributed by atoms with Crippen LogP contribution in [0.4, 0.5) is 0 Å². The van der Waals surface area contributed by atoms with Gasteiger partial charge in [-0.05, 0) is 50.1 Å². The minimum Gasteiger partial charge on any atom is -0.481 e. The lowest BCUT2D eigenvalue weighted by Crippen LogP contribution is -2.36. The molecule has 1 atom stereocenters. The van der Waals surface area contributed by atoms with Gasteiger partial charge in [-0.3, -0.25) is 4.79 Å². The number of hydrogen-bond donors (Lipinski definition) is 1. The zero-order chi connectivity index (χ0) is 16.1. The Kier molecular flexibility index (Phi) is 5.45. The molecule has 0 aliphatic heterocycles. The van der Waals surface area contributed by atoms with Crippen LogP contribution in [-0.2, 0) is 11.3 Å². The molecule has 22 heavy (non-hydrogen) atoms. The summed E-state index contributed by atoms with van der Waals surface area (Å²) in [4.78, 5) is 12.1. The smallest absolute Gasteiger partial charge is 0.261 e. The molecule has 0 saturated heterocycles. The average molecular weight is 318 g/mol. The third-order valence-electron chi connectivity index (χ3n) is 3.40. The molecule has 116 valence electrons. The maximum absolute atomic E-state index is 12.1. The third kappa shape index (κ3) is 4.50. The largest absolute Gasteiger partial charge is 0.481 e. The molecule has 3 nitrogen and oxygen atoms in total. The van der Waals surface area contributed by atoms with Crippen molar-refractivity contribution >= 4 is 17.5 Å². The predicted octanol–water partition coefficient (Wildman–Crippen LogP) is 4.04. The molecule has 0 aliphatic rings. The number of aryl methyl sites for hydroxylation is 2. The molecular formula is C18H20ClNO2. The molecule has 0 saturated carbocycles. The molecule has 2 rings (SSSR count). The molecule has 0 unspecified atom stereocenters. The van der Waals surface area contributed by atoms with E-state index in [1.807, 2.05) is 44.2 Å². The highest BCUT2D eigenvalue weighted by molar-refractivity contribution is 6.30. The summed E-state index contributed by atoms with van der Waals surface area (Å²) in [5, 5.41) is 3.53. The van der Waals surface area contributed by atoms with E-state index >= 15 is 0 Å². The Labute approximate surface area is 136 Å². The zero-order valence-electron chi connectivity index (χ0n) is 13.0. The molecule has 0 aliphatic carbocycles. The van der Waals surface area contributed by atoms with Crippen LogP contribution in [0.15, 0.2) is 42.5 Å². The van der Waals surface area contributed by atoms with Gasteiger partial charge in [0.05, 0.1) is 0 Å². The molecule has 0 fully saturated rings. The predicted molar refractivity (Wildman–Crippen MR) is 89.3 cm³/mol. The van der Waals surface area contributed by atoms with E-state index in [2.05, 4.69) is 5.32 Å². The SMILES string of the molecule is Cc1ccc(CNC(=O)[C@@H](C)Oc2ccc(Cl)cc2C)cc1. The summed E-state index contributed by atoms with van der Waals surface area (Å²) in [7, 11) is 0. The van der Waals surface area contributed by atoms with E-state index in [1.165, 1.54) is 5.56 Å². The molecule has 0 aromatic heterocycles. The Morgan fingerprint density at radius 3 is 2.50 bits per heavy atom.